The van der Waals surface area contributed by atoms with Gasteiger partial charge in [-0.25, -0.2) is 4.68 Å². The summed E-state index contributed by atoms with van der Waals surface area (Å²) in [6.07, 6.45) is 1.76. The number of hydrogen-bond acceptors (Lipinski definition) is 3. The highest BCUT2D eigenvalue weighted by molar-refractivity contribution is 6.03. The van der Waals surface area contributed by atoms with E-state index in [0.29, 0.717) is 17.1 Å². The number of nitrogens with zero attached hydrogens (tertiary/aromatic N) is 2. The molecule has 1 heterocycles. The quantitative estimate of drug-likeness (QED) is 0.803. The first-order valence-electron chi connectivity index (χ1n) is 7.24. The smallest absolute Gasteiger partial charge is 0.276 e. The highest BCUT2D eigenvalue weighted by Crippen LogP contribution is 2.25. The van der Waals surface area contributed by atoms with E-state index in [0.717, 1.165) is 11.3 Å². The molecule has 0 bridgehead atoms. The molecule has 1 amide bonds. The highest BCUT2D eigenvalue weighted by atomic mass is 16.5. The fourth-order valence-corrected chi connectivity index (χ4v) is 2.26. The number of hydrogen-bond donors (Lipinski definition) is 1. The lowest BCUT2D eigenvalue weighted by Crippen LogP contribution is -2.14. The van der Waals surface area contributed by atoms with Gasteiger partial charge >= 0.3 is 0 Å². The van der Waals surface area contributed by atoms with Crippen LogP contribution in [0.25, 0.3) is 5.69 Å². The minimum absolute atomic E-state index is 0.276. The summed E-state index contributed by atoms with van der Waals surface area (Å²) in [5.41, 5.74) is 2.93. The second kappa shape index (κ2) is 6.36. The monoisotopic (exact) mass is 307 g/mol. The van der Waals surface area contributed by atoms with Gasteiger partial charge in [0, 0.05) is 6.20 Å². The number of ether oxygens (including phenoxy) is 1. The first-order chi connectivity index (χ1) is 11.2. The van der Waals surface area contributed by atoms with E-state index in [1.165, 1.54) is 0 Å². The Hall–Kier alpha value is -3.08. The molecule has 0 fully saturated rings. The number of amides is 1. The van der Waals surface area contributed by atoms with E-state index in [1.54, 1.807) is 24.1 Å². The SMILES string of the molecule is COc1cc(C)ccc1NC(=O)c1ccn(-c2ccccc2)n1. The molecule has 0 unspecified atom stereocenters. The molecule has 0 saturated heterocycles. The Morgan fingerprint density at radius 3 is 2.65 bits per heavy atom. The van der Waals surface area contributed by atoms with Crippen molar-refractivity contribution >= 4 is 11.6 Å². The Morgan fingerprint density at radius 2 is 1.91 bits per heavy atom. The van der Waals surface area contributed by atoms with Crippen LogP contribution in [0.4, 0.5) is 5.69 Å². The number of aryl methyl sites for hydroxylation is 1. The summed E-state index contributed by atoms with van der Waals surface area (Å²) < 4.78 is 6.97. The first-order valence-corrected chi connectivity index (χ1v) is 7.24. The van der Waals surface area contributed by atoms with Gasteiger partial charge in [0.1, 0.15) is 5.75 Å². The molecule has 0 aliphatic carbocycles. The fraction of sp³-hybridized carbons (Fsp3) is 0.111. The number of methoxy groups -OCH3 is 1. The van der Waals surface area contributed by atoms with E-state index in [4.69, 9.17) is 4.74 Å². The summed E-state index contributed by atoms with van der Waals surface area (Å²) in [4.78, 5) is 12.4. The van der Waals surface area contributed by atoms with Crippen LogP contribution in [0.15, 0.2) is 60.8 Å². The van der Waals surface area contributed by atoms with Gasteiger partial charge in [0.15, 0.2) is 5.69 Å². The standard InChI is InChI=1S/C18H17N3O2/c1-13-8-9-15(17(12-13)23-2)19-18(22)16-10-11-21(20-16)14-6-4-3-5-7-14/h3-12H,1-2H3,(H,19,22). The second-order valence-corrected chi connectivity index (χ2v) is 5.14. The molecule has 1 N–H and O–H groups in total. The van der Waals surface area contributed by atoms with Gasteiger partial charge in [0.05, 0.1) is 18.5 Å². The van der Waals surface area contributed by atoms with E-state index in [1.807, 2.05) is 55.5 Å². The highest BCUT2D eigenvalue weighted by Gasteiger charge is 2.13. The van der Waals surface area contributed by atoms with E-state index < -0.39 is 0 Å². The van der Waals surface area contributed by atoms with Crippen LogP contribution in [0.2, 0.25) is 0 Å². The minimum atomic E-state index is -0.276. The predicted molar refractivity (Wildman–Crippen MR) is 89.2 cm³/mol. The topological polar surface area (TPSA) is 56.1 Å². The number of para-hydroxylation sites is 1. The van der Waals surface area contributed by atoms with Crippen molar-refractivity contribution in [1.82, 2.24) is 9.78 Å². The third kappa shape index (κ3) is 3.23. The second-order valence-electron chi connectivity index (χ2n) is 5.14. The maximum atomic E-state index is 12.4. The van der Waals surface area contributed by atoms with Gasteiger partial charge < -0.3 is 10.1 Å². The van der Waals surface area contributed by atoms with Crippen molar-refractivity contribution < 1.29 is 9.53 Å². The molecule has 3 aromatic rings. The molecule has 23 heavy (non-hydrogen) atoms. The Morgan fingerprint density at radius 1 is 1.13 bits per heavy atom. The van der Waals surface area contributed by atoms with Gasteiger partial charge in [0.25, 0.3) is 5.91 Å². The van der Waals surface area contributed by atoms with Crippen LogP contribution in [0, 0.1) is 6.92 Å². The van der Waals surface area contributed by atoms with Crippen LogP contribution < -0.4 is 10.1 Å². The summed E-state index contributed by atoms with van der Waals surface area (Å²) in [7, 11) is 1.58. The first kappa shape index (κ1) is 14.8. The molecular formula is C18H17N3O2. The zero-order chi connectivity index (χ0) is 16.2. The number of carbonyl (C=O) groups is 1. The molecular weight excluding hydrogens is 290 g/mol. The van der Waals surface area contributed by atoms with Crippen LogP contribution in [0.3, 0.4) is 0 Å². The maximum absolute atomic E-state index is 12.4. The molecule has 1 aromatic heterocycles. The van der Waals surface area contributed by atoms with Gasteiger partial charge in [-0.3, -0.25) is 4.79 Å². The molecule has 5 heteroatoms. The van der Waals surface area contributed by atoms with Gasteiger partial charge in [-0.15, -0.1) is 0 Å². The average molecular weight is 307 g/mol. The van der Waals surface area contributed by atoms with Gasteiger partial charge in [-0.1, -0.05) is 24.3 Å². The van der Waals surface area contributed by atoms with Crippen molar-refractivity contribution in [3.05, 3.63) is 72.1 Å². The Balaban J connectivity index is 1.81. The fourth-order valence-electron chi connectivity index (χ4n) is 2.26. The molecule has 2 aromatic carbocycles. The molecule has 3 rings (SSSR count). The minimum Gasteiger partial charge on any atom is -0.495 e. The summed E-state index contributed by atoms with van der Waals surface area (Å²) in [6.45, 7) is 1.97. The maximum Gasteiger partial charge on any atom is 0.276 e. The summed E-state index contributed by atoms with van der Waals surface area (Å²) in [5.74, 6) is 0.350. The van der Waals surface area contributed by atoms with Gasteiger partial charge in [-0.05, 0) is 42.8 Å². The van der Waals surface area contributed by atoms with E-state index in [-0.39, 0.29) is 5.91 Å². The molecule has 116 valence electrons. The third-order valence-corrected chi connectivity index (χ3v) is 3.45. The van der Waals surface area contributed by atoms with Crippen LogP contribution in [-0.4, -0.2) is 22.8 Å². The van der Waals surface area contributed by atoms with Crippen molar-refractivity contribution in [2.45, 2.75) is 6.92 Å². The molecule has 0 saturated carbocycles. The van der Waals surface area contributed by atoms with Gasteiger partial charge in [0.2, 0.25) is 0 Å². The lowest BCUT2D eigenvalue weighted by molar-refractivity contribution is 0.102. The van der Waals surface area contributed by atoms with Crippen LogP contribution in [-0.2, 0) is 0 Å². The van der Waals surface area contributed by atoms with Crippen LogP contribution in [0.1, 0.15) is 16.1 Å². The largest absolute Gasteiger partial charge is 0.495 e. The van der Waals surface area contributed by atoms with Crippen molar-refractivity contribution in [2.24, 2.45) is 0 Å². The number of rotatable bonds is 4. The predicted octanol–water partition coefficient (Wildman–Crippen LogP) is 3.44. The van der Waals surface area contributed by atoms with E-state index in [9.17, 15) is 4.79 Å². The van der Waals surface area contributed by atoms with Crippen LogP contribution >= 0.6 is 0 Å². The zero-order valence-corrected chi connectivity index (χ0v) is 13.0. The molecule has 0 aliphatic rings. The number of carbonyl (C=O) groups excluding carboxylic acids is 1. The molecule has 0 atom stereocenters. The number of nitrogens with one attached hydrogen (secondary N) is 1. The number of anilines is 1. The zero-order valence-electron chi connectivity index (χ0n) is 13.0. The normalized spacial score (nSPS) is 10.3. The molecule has 0 spiro atoms. The lowest BCUT2D eigenvalue weighted by Gasteiger charge is -2.10. The van der Waals surface area contributed by atoms with E-state index >= 15 is 0 Å². The summed E-state index contributed by atoms with van der Waals surface area (Å²) >= 11 is 0. The molecule has 5 nitrogen and oxygen atoms in total. The Kier molecular flexibility index (Phi) is 4.10. The molecule has 0 aliphatic heterocycles. The third-order valence-electron chi connectivity index (χ3n) is 3.45. The van der Waals surface area contributed by atoms with Crippen LogP contribution in [0.5, 0.6) is 5.75 Å². The lowest BCUT2D eigenvalue weighted by atomic mass is 10.2. The number of benzene rings is 2. The Bertz CT molecular complexity index is 825. The Labute approximate surface area is 134 Å². The number of aromatic nitrogens is 2. The van der Waals surface area contributed by atoms with Crippen molar-refractivity contribution in [1.29, 1.82) is 0 Å². The summed E-state index contributed by atoms with van der Waals surface area (Å²) in [5, 5.41) is 7.14. The summed E-state index contributed by atoms with van der Waals surface area (Å²) in [6, 6.07) is 16.9. The van der Waals surface area contributed by atoms with Crippen molar-refractivity contribution in [3.63, 3.8) is 0 Å². The molecule has 0 radical (unpaired) electrons. The van der Waals surface area contributed by atoms with Crippen molar-refractivity contribution in [2.75, 3.05) is 12.4 Å². The average Bonchev–Trinajstić information content (AvgIpc) is 3.07. The van der Waals surface area contributed by atoms with Crippen molar-refractivity contribution in [3.8, 4) is 11.4 Å². The van der Waals surface area contributed by atoms with Gasteiger partial charge in [-0.2, -0.15) is 5.10 Å². The van der Waals surface area contributed by atoms with E-state index in [2.05, 4.69) is 10.4 Å².